The highest BCUT2D eigenvalue weighted by molar-refractivity contribution is 5.68. The Labute approximate surface area is 95.3 Å². The second kappa shape index (κ2) is 3.67. The first-order chi connectivity index (χ1) is 7.50. The highest BCUT2D eigenvalue weighted by atomic mass is 16.5. The number of rotatable bonds is 1. The standard InChI is InChI=1S/C13H16N2O/c1-7-5-11(10(4)9(3)8(7)2)12-6-13(14)16-15-12/h5-6H,14H2,1-4H3. The molecule has 3 heteroatoms. The molecular weight excluding hydrogens is 200 g/mol. The molecule has 1 aromatic heterocycles. The monoisotopic (exact) mass is 216 g/mol. The number of hydrogen-bond donors (Lipinski definition) is 1. The van der Waals surface area contributed by atoms with Gasteiger partial charge in [0.2, 0.25) is 5.88 Å². The lowest BCUT2D eigenvalue weighted by Gasteiger charge is -2.12. The molecule has 0 aliphatic carbocycles. The maximum absolute atomic E-state index is 5.54. The summed E-state index contributed by atoms with van der Waals surface area (Å²) in [5, 5.41) is 3.96. The average Bonchev–Trinajstić information content (AvgIpc) is 2.67. The number of nitrogens with two attached hydrogens (primary N) is 1. The topological polar surface area (TPSA) is 52.0 Å². The summed E-state index contributed by atoms with van der Waals surface area (Å²) < 4.78 is 4.91. The van der Waals surface area contributed by atoms with Crippen LogP contribution in [-0.4, -0.2) is 5.16 Å². The lowest BCUT2D eigenvalue weighted by Crippen LogP contribution is -1.94. The fourth-order valence-electron chi connectivity index (χ4n) is 1.89. The van der Waals surface area contributed by atoms with E-state index < -0.39 is 0 Å². The Bertz CT molecular complexity index is 541. The molecule has 0 radical (unpaired) electrons. The molecule has 0 unspecified atom stereocenters. The smallest absolute Gasteiger partial charge is 0.222 e. The van der Waals surface area contributed by atoms with Gasteiger partial charge >= 0.3 is 0 Å². The van der Waals surface area contributed by atoms with Crippen molar-refractivity contribution in [2.24, 2.45) is 0 Å². The molecule has 1 aromatic carbocycles. The Morgan fingerprint density at radius 1 is 1.00 bits per heavy atom. The van der Waals surface area contributed by atoms with Crippen molar-refractivity contribution in [1.82, 2.24) is 5.16 Å². The second-order valence-electron chi connectivity index (χ2n) is 4.23. The quantitative estimate of drug-likeness (QED) is 0.796. The average molecular weight is 216 g/mol. The first-order valence-corrected chi connectivity index (χ1v) is 5.30. The van der Waals surface area contributed by atoms with Crippen LogP contribution in [0, 0.1) is 27.7 Å². The summed E-state index contributed by atoms with van der Waals surface area (Å²) in [7, 11) is 0. The van der Waals surface area contributed by atoms with E-state index in [2.05, 4.69) is 38.9 Å². The lowest BCUT2D eigenvalue weighted by molar-refractivity contribution is 0.439. The van der Waals surface area contributed by atoms with Crippen molar-refractivity contribution in [3.8, 4) is 11.3 Å². The minimum atomic E-state index is 0.352. The van der Waals surface area contributed by atoms with Crippen LogP contribution in [0.15, 0.2) is 16.7 Å². The van der Waals surface area contributed by atoms with E-state index in [9.17, 15) is 0 Å². The molecule has 0 aliphatic heterocycles. The van der Waals surface area contributed by atoms with E-state index in [4.69, 9.17) is 10.3 Å². The zero-order chi connectivity index (χ0) is 11.9. The number of nitrogens with zero attached hydrogens (tertiary/aromatic N) is 1. The summed E-state index contributed by atoms with van der Waals surface area (Å²) in [5.41, 5.74) is 12.6. The molecule has 0 aliphatic rings. The molecule has 2 N–H and O–H groups in total. The van der Waals surface area contributed by atoms with Gasteiger partial charge in [0.05, 0.1) is 0 Å². The summed E-state index contributed by atoms with van der Waals surface area (Å²) >= 11 is 0. The van der Waals surface area contributed by atoms with Gasteiger partial charge in [-0.25, -0.2) is 0 Å². The molecule has 0 amide bonds. The van der Waals surface area contributed by atoms with Crippen LogP contribution in [0.25, 0.3) is 11.3 Å². The molecule has 0 saturated carbocycles. The molecule has 0 atom stereocenters. The Morgan fingerprint density at radius 3 is 2.25 bits per heavy atom. The largest absolute Gasteiger partial charge is 0.368 e. The van der Waals surface area contributed by atoms with Crippen LogP contribution in [0.3, 0.4) is 0 Å². The number of benzene rings is 1. The highest BCUT2D eigenvalue weighted by Gasteiger charge is 2.11. The van der Waals surface area contributed by atoms with E-state index in [1.807, 2.05) is 0 Å². The van der Waals surface area contributed by atoms with Crippen molar-refractivity contribution >= 4 is 5.88 Å². The second-order valence-corrected chi connectivity index (χ2v) is 4.23. The van der Waals surface area contributed by atoms with Crippen LogP contribution in [0.1, 0.15) is 22.3 Å². The van der Waals surface area contributed by atoms with E-state index >= 15 is 0 Å². The Morgan fingerprint density at radius 2 is 1.69 bits per heavy atom. The van der Waals surface area contributed by atoms with Crippen molar-refractivity contribution in [2.75, 3.05) is 5.73 Å². The Hall–Kier alpha value is -1.77. The van der Waals surface area contributed by atoms with E-state index in [1.54, 1.807) is 6.07 Å². The first kappa shape index (κ1) is 10.7. The van der Waals surface area contributed by atoms with Crippen molar-refractivity contribution < 1.29 is 4.52 Å². The molecule has 0 saturated heterocycles. The molecule has 2 rings (SSSR count). The van der Waals surface area contributed by atoms with E-state index in [0.29, 0.717) is 5.88 Å². The summed E-state index contributed by atoms with van der Waals surface area (Å²) in [6, 6.07) is 3.89. The number of aryl methyl sites for hydroxylation is 1. The van der Waals surface area contributed by atoms with Crippen LogP contribution in [0.5, 0.6) is 0 Å². The van der Waals surface area contributed by atoms with Crippen molar-refractivity contribution in [1.29, 1.82) is 0 Å². The first-order valence-electron chi connectivity index (χ1n) is 5.30. The summed E-state index contributed by atoms with van der Waals surface area (Å²) in [6.45, 7) is 8.47. The molecule has 2 aromatic rings. The van der Waals surface area contributed by atoms with Gasteiger partial charge in [-0.3, -0.25) is 0 Å². The van der Waals surface area contributed by atoms with Crippen LogP contribution in [0.2, 0.25) is 0 Å². The SMILES string of the molecule is Cc1cc(-c2cc(N)on2)c(C)c(C)c1C. The van der Waals surface area contributed by atoms with Crippen molar-refractivity contribution in [3.63, 3.8) is 0 Å². The number of aromatic nitrogens is 1. The van der Waals surface area contributed by atoms with Gasteiger partial charge in [0, 0.05) is 11.6 Å². The Kier molecular flexibility index (Phi) is 2.46. The molecule has 16 heavy (non-hydrogen) atoms. The molecule has 3 nitrogen and oxygen atoms in total. The van der Waals surface area contributed by atoms with Gasteiger partial charge in [-0.2, -0.15) is 0 Å². The van der Waals surface area contributed by atoms with Gasteiger partial charge in [-0.1, -0.05) is 5.16 Å². The van der Waals surface area contributed by atoms with E-state index in [0.717, 1.165) is 11.3 Å². The minimum Gasteiger partial charge on any atom is -0.368 e. The molecule has 0 fully saturated rings. The Balaban J connectivity index is 2.66. The number of anilines is 1. The van der Waals surface area contributed by atoms with Gasteiger partial charge in [-0.15, -0.1) is 0 Å². The van der Waals surface area contributed by atoms with Gasteiger partial charge in [-0.05, 0) is 56.0 Å². The molecule has 0 bridgehead atoms. The zero-order valence-corrected chi connectivity index (χ0v) is 10.1. The van der Waals surface area contributed by atoms with E-state index in [1.165, 1.54) is 22.3 Å². The third-order valence-electron chi connectivity index (χ3n) is 3.29. The molecule has 0 spiro atoms. The normalized spacial score (nSPS) is 10.8. The fourth-order valence-corrected chi connectivity index (χ4v) is 1.89. The van der Waals surface area contributed by atoms with Gasteiger partial charge in [0.15, 0.2) is 0 Å². The van der Waals surface area contributed by atoms with Gasteiger partial charge < -0.3 is 10.3 Å². The molecule has 84 valence electrons. The predicted octanol–water partition coefficient (Wildman–Crippen LogP) is 3.16. The van der Waals surface area contributed by atoms with Crippen LogP contribution >= 0.6 is 0 Å². The number of nitrogen functional groups attached to an aromatic ring is 1. The number of hydrogen-bond acceptors (Lipinski definition) is 3. The fraction of sp³-hybridized carbons (Fsp3) is 0.308. The van der Waals surface area contributed by atoms with Crippen molar-refractivity contribution in [3.05, 3.63) is 34.4 Å². The third kappa shape index (κ3) is 1.58. The predicted molar refractivity (Wildman–Crippen MR) is 65.3 cm³/mol. The molecular formula is C13H16N2O. The van der Waals surface area contributed by atoms with Gasteiger partial charge in [0.1, 0.15) is 5.69 Å². The minimum absolute atomic E-state index is 0.352. The third-order valence-corrected chi connectivity index (χ3v) is 3.29. The highest BCUT2D eigenvalue weighted by Crippen LogP contribution is 2.29. The maximum Gasteiger partial charge on any atom is 0.222 e. The summed E-state index contributed by atoms with van der Waals surface area (Å²) in [4.78, 5) is 0. The molecule has 1 heterocycles. The lowest BCUT2D eigenvalue weighted by atomic mass is 9.93. The van der Waals surface area contributed by atoms with Crippen molar-refractivity contribution in [2.45, 2.75) is 27.7 Å². The van der Waals surface area contributed by atoms with Crippen LogP contribution < -0.4 is 5.73 Å². The van der Waals surface area contributed by atoms with Gasteiger partial charge in [0.25, 0.3) is 0 Å². The summed E-state index contributed by atoms with van der Waals surface area (Å²) in [6.07, 6.45) is 0. The van der Waals surface area contributed by atoms with E-state index in [-0.39, 0.29) is 0 Å². The maximum atomic E-state index is 5.54. The zero-order valence-electron chi connectivity index (χ0n) is 10.1. The van der Waals surface area contributed by atoms with Crippen LogP contribution in [0.4, 0.5) is 5.88 Å². The van der Waals surface area contributed by atoms with Crippen LogP contribution in [-0.2, 0) is 0 Å². The summed E-state index contributed by atoms with van der Waals surface area (Å²) in [5.74, 6) is 0.352.